The van der Waals surface area contributed by atoms with Gasteiger partial charge in [0.25, 0.3) is 5.91 Å². The number of pyridine rings is 1. The van der Waals surface area contributed by atoms with E-state index in [4.69, 9.17) is 14.2 Å². The molecule has 2 aromatic carbocycles. The van der Waals surface area contributed by atoms with Crippen LogP contribution in [0.4, 0.5) is 5.69 Å². The van der Waals surface area contributed by atoms with E-state index in [9.17, 15) is 4.79 Å². The number of hydrogen-bond acceptors (Lipinski definition) is 6. The molecular weight excluding hydrogens is 442 g/mol. The minimum absolute atomic E-state index is 0.116. The third-order valence-electron chi connectivity index (χ3n) is 6.81. The maximum absolute atomic E-state index is 12.6. The number of benzene rings is 2. The quantitative estimate of drug-likeness (QED) is 0.484. The molecule has 1 aromatic heterocycles. The predicted octanol–water partition coefficient (Wildman–Crippen LogP) is 4.51. The van der Waals surface area contributed by atoms with E-state index >= 15 is 0 Å². The minimum Gasteiger partial charge on any atom is -0.490 e. The zero-order valence-electron chi connectivity index (χ0n) is 20.2. The highest BCUT2D eigenvalue weighted by molar-refractivity contribution is 5.99. The molecule has 0 aliphatic carbocycles. The van der Waals surface area contributed by atoms with Gasteiger partial charge in [-0.05, 0) is 36.6 Å². The molecule has 1 N–H and O–H groups in total. The molecule has 184 valence electrons. The molecule has 5 rings (SSSR count). The molecular formula is C28H33N3O4. The summed E-state index contributed by atoms with van der Waals surface area (Å²) in [5.74, 6) is 0.996. The highest BCUT2D eigenvalue weighted by atomic mass is 16.5. The van der Waals surface area contributed by atoms with Gasteiger partial charge in [-0.1, -0.05) is 30.3 Å². The van der Waals surface area contributed by atoms with Crippen LogP contribution < -0.4 is 10.1 Å². The molecule has 2 fully saturated rings. The minimum atomic E-state index is -0.237. The molecule has 2 aliphatic rings. The number of carbonyl (C=O) groups is 1. The fourth-order valence-electron chi connectivity index (χ4n) is 4.92. The summed E-state index contributed by atoms with van der Waals surface area (Å²) >= 11 is 0. The Hall–Kier alpha value is -3.16. The first-order valence-electron chi connectivity index (χ1n) is 12.5. The van der Waals surface area contributed by atoms with Crippen LogP contribution in [0.3, 0.4) is 0 Å². The number of amides is 1. The van der Waals surface area contributed by atoms with Crippen LogP contribution in [0.15, 0.2) is 54.7 Å². The molecule has 0 saturated carbocycles. The van der Waals surface area contributed by atoms with Crippen molar-refractivity contribution in [2.45, 2.75) is 37.9 Å². The molecule has 1 amide bonds. The van der Waals surface area contributed by atoms with Gasteiger partial charge in [0, 0.05) is 63.3 Å². The van der Waals surface area contributed by atoms with Crippen molar-refractivity contribution < 1.29 is 19.0 Å². The van der Waals surface area contributed by atoms with E-state index < -0.39 is 0 Å². The number of methoxy groups -OCH3 is 1. The summed E-state index contributed by atoms with van der Waals surface area (Å²) in [6, 6.07) is 16.5. The number of nitrogens with one attached hydrogen (secondary N) is 1. The molecule has 2 aliphatic heterocycles. The number of anilines is 1. The van der Waals surface area contributed by atoms with Crippen LogP contribution in [0.5, 0.6) is 5.75 Å². The Morgan fingerprint density at radius 3 is 2.69 bits per heavy atom. The molecule has 1 atom stereocenters. The Balaban J connectivity index is 1.25. The summed E-state index contributed by atoms with van der Waals surface area (Å²) in [4.78, 5) is 19.1. The molecule has 0 bridgehead atoms. The Morgan fingerprint density at radius 2 is 1.94 bits per heavy atom. The van der Waals surface area contributed by atoms with Gasteiger partial charge in [0.2, 0.25) is 0 Å². The van der Waals surface area contributed by atoms with Crippen LogP contribution in [0.2, 0.25) is 0 Å². The molecule has 0 spiro atoms. The molecule has 7 nitrogen and oxygen atoms in total. The maximum atomic E-state index is 12.6. The lowest BCUT2D eigenvalue weighted by molar-refractivity contribution is -0.142. The van der Waals surface area contributed by atoms with Crippen LogP contribution in [-0.4, -0.2) is 68.0 Å². The largest absolute Gasteiger partial charge is 0.490 e. The topological polar surface area (TPSA) is 72.9 Å². The first kappa shape index (κ1) is 23.6. The van der Waals surface area contributed by atoms with E-state index in [1.807, 2.05) is 29.3 Å². The van der Waals surface area contributed by atoms with E-state index in [1.54, 1.807) is 7.11 Å². The molecule has 3 aromatic rings. The summed E-state index contributed by atoms with van der Waals surface area (Å²) in [7, 11) is 1.70. The SMILES string of the molecule is COCCNc1c(-c2ccc(OC3CCN(C(=O)C4CCCO4)CC3)cc2)ccc2cccnc12. The van der Waals surface area contributed by atoms with Gasteiger partial charge in [-0.15, -0.1) is 0 Å². The van der Waals surface area contributed by atoms with E-state index in [-0.39, 0.29) is 18.1 Å². The van der Waals surface area contributed by atoms with Gasteiger partial charge in [0.05, 0.1) is 17.8 Å². The molecule has 3 heterocycles. The number of fused-ring (bicyclic) bond motifs is 1. The standard InChI is InChI=1S/C28H33N3O4/c1-33-19-15-30-27-24(11-8-21-4-2-14-29-26(21)27)20-6-9-22(10-7-20)35-23-12-16-31(17-13-23)28(32)25-5-3-18-34-25/h2,4,6-11,14,23,25,30H,3,5,12-13,15-19H2,1H3. The first-order valence-corrected chi connectivity index (χ1v) is 12.5. The number of ether oxygens (including phenoxy) is 3. The van der Waals surface area contributed by atoms with Crippen molar-refractivity contribution in [3.8, 4) is 16.9 Å². The van der Waals surface area contributed by atoms with E-state index in [0.717, 1.165) is 72.2 Å². The van der Waals surface area contributed by atoms with Crippen LogP contribution in [0.25, 0.3) is 22.0 Å². The van der Waals surface area contributed by atoms with Crippen molar-refractivity contribution in [1.29, 1.82) is 0 Å². The third-order valence-corrected chi connectivity index (χ3v) is 6.81. The number of piperidine rings is 1. The first-order chi connectivity index (χ1) is 17.2. The average molecular weight is 476 g/mol. The number of hydrogen-bond donors (Lipinski definition) is 1. The number of aromatic nitrogens is 1. The lowest BCUT2D eigenvalue weighted by atomic mass is 10.0. The molecule has 0 radical (unpaired) electrons. The number of nitrogens with zero attached hydrogens (tertiary/aromatic N) is 2. The van der Waals surface area contributed by atoms with Crippen molar-refractivity contribution in [1.82, 2.24) is 9.88 Å². The number of rotatable bonds is 8. The number of likely N-dealkylation sites (tertiary alicyclic amines) is 1. The summed E-state index contributed by atoms with van der Waals surface area (Å²) in [5.41, 5.74) is 4.16. The van der Waals surface area contributed by atoms with E-state index in [1.165, 1.54) is 0 Å². The Morgan fingerprint density at radius 1 is 1.11 bits per heavy atom. The normalized spacial score (nSPS) is 18.7. The second kappa shape index (κ2) is 11.1. The average Bonchev–Trinajstić information content (AvgIpc) is 3.45. The highest BCUT2D eigenvalue weighted by Gasteiger charge is 2.31. The van der Waals surface area contributed by atoms with Crippen molar-refractivity contribution in [2.24, 2.45) is 0 Å². The zero-order valence-corrected chi connectivity index (χ0v) is 20.2. The van der Waals surface area contributed by atoms with Crippen molar-refractivity contribution in [3.63, 3.8) is 0 Å². The summed E-state index contributed by atoms with van der Waals surface area (Å²) < 4.78 is 17.1. The van der Waals surface area contributed by atoms with Gasteiger partial charge in [-0.2, -0.15) is 0 Å². The van der Waals surface area contributed by atoms with Crippen molar-refractivity contribution in [3.05, 3.63) is 54.7 Å². The number of carbonyl (C=O) groups excluding carboxylic acids is 1. The van der Waals surface area contributed by atoms with E-state index in [2.05, 4.69) is 40.6 Å². The summed E-state index contributed by atoms with van der Waals surface area (Å²) in [6.45, 7) is 3.47. The monoisotopic (exact) mass is 475 g/mol. The van der Waals surface area contributed by atoms with Gasteiger partial charge < -0.3 is 24.4 Å². The Labute approximate surface area is 206 Å². The summed E-state index contributed by atoms with van der Waals surface area (Å²) in [6.07, 6.45) is 5.20. The predicted molar refractivity (Wildman–Crippen MR) is 137 cm³/mol. The second-order valence-electron chi connectivity index (χ2n) is 9.15. The van der Waals surface area contributed by atoms with Crippen LogP contribution in [0, 0.1) is 0 Å². The van der Waals surface area contributed by atoms with Gasteiger partial charge in [-0.25, -0.2) is 0 Å². The lowest BCUT2D eigenvalue weighted by Gasteiger charge is -2.33. The van der Waals surface area contributed by atoms with Crippen LogP contribution in [0.1, 0.15) is 25.7 Å². The van der Waals surface area contributed by atoms with Gasteiger partial charge in [-0.3, -0.25) is 9.78 Å². The fraction of sp³-hybridized carbons (Fsp3) is 0.429. The Kier molecular flexibility index (Phi) is 7.45. The maximum Gasteiger partial charge on any atom is 0.251 e. The van der Waals surface area contributed by atoms with Gasteiger partial charge >= 0.3 is 0 Å². The summed E-state index contributed by atoms with van der Waals surface area (Å²) in [5, 5.41) is 4.61. The van der Waals surface area contributed by atoms with Crippen molar-refractivity contribution in [2.75, 3.05) is 45.3 Å². The van der Waals surface area contributed by atoms with E-state index in [0.29, 0.717) is 19.8 Å². The smallest absolute Gasteiger partial charge is 0.251 e. The van der Waals surface area contributed by atoms with Gasteiger partial charge in [0.1, 0.15) is 18.0 Å². The second-order valence-corrected chi connectivity index (χ2v) is 9.15. The lowest BCUT2D eigenvalue weighted by Crippen LogP contribution is -2.45. The molecule has 2 saturated heterocycles. The Bertz CT molecular complexity index is 1140. The fourth-order valence-corrected chi connectivity index (χ4v) is 4.92. The molecule has 7 heteroatoms. The van der Waals surface area contributed by atoms with Gasteiger partial charge in [0.15, 0.2) is 0 Å². The van der Waals surface area contributed by atoms with Crippen LogP contribution in [-0.2, 0) is 14.3 Å². The van der Waals surface area contributed by atoms with Crippen LogP contribution >= 0.6 is 0 Å². The highest BCUT2D eigenvalue weighted by Crippen LogP contribution is 2.35. The molecule has 35 heavy (non-hydrogen) atoms. The zero-order chi connectivity index (χ0) is 24.0. The van der Waals surface area contributed by atoms with Crippen molar-refractivity contribution >= 4 is 22.5 Å². The molecule has 1 unspecified atom stereocenters. The third kappa shape index (κ3) is 5.41.